The highest BCUT2D eigenvalue weighted by atomic mass is 19.1. The van der Waals surface area contributed by atoms with Crippen LogP contribution in [0.3, 0.4) is 0 Å². The fourth-order valence-corrected chi connectivity index (χ4v) is 4.16. The number of halogens is 1. The Morgan fingerprint density at radius 2 is 1.53 bits per heavy atom. The van der Waals surface area contributed by atoms with Crippen molar-refractivity contribution in [1.82, 2.24) is 16.2 Å². The van der Waals surface area contributed by atoms with E-state index in [9.17, 15) is 23.6 Å². The second-order valence-electron chi connectivity index (χ2n) is 8.11. The molecule has 1 aliphatic rings. The van der Waals surface area contributed by atoms with Crippen molar-refractivity contribution in [3.05, 3.63) is 95.3 Å². The van der Waals surface area contributed by atoms with Crippen LogP contribution in [0, 0.1) is 5.82 Å². The second-order valence-corrected chi connectivity index (χ2v) is 8.11. The number of ether oxygens (including phenoxy) is 1. The highest BCUT2D eigenvalue weighted by Gasteiger charge is 2.29. The van der Waals surface area contributed by atoms with Crippen LogP contribution >= 0.6 is 0 Å². The van der Waals surface area contributed by atoms with Gasteiger partial charge in [0.2, 0.25) is 0 Å². The number of carbonyl (C=O) groups is 4. The van der Waals surface area contributed by atoms with Crippen molar-refractivity contribution in [2.45, 2.75) is 18.4 Å². The molecule has 0 saturated carbocycles. The number of carboxylic acid groups (broad SMARTS) is 1. The van der Waals surface area contributed by atoms with Gasteiger partial charge in [-0.05, 0) is 39.9 Å². The highest BCUT2D eigenvalue weighted by molar-refractivity contribution is 6.32. The predicted octanol–water partition coefficient (Wildman–Crippen LogP) is 2.51. The van der Waals surface area contributed by atoms with E-state index in [0.29, 0.717) is 5.56 Å². The van der Waals surface area contributed by atoms with Crippen LogP contribution in [0.15, 0.2) is 72.8 Å². The molecule has 3 amide bonds. The third-order valence-electron chi connectivity index (χ3n) is 5.78. The number of fused-ring (bicyclic) bond motifs is 3. The van der Waals surface area contributed by atoms with Crippen LogP contribution in [-0.2, 0) is 25.5 Å². The molecule has 0 spiro atoms. The van der Waals surface area contributed by atoms with E-state index in [0.717, 1.165) is 28.3 Å². The molecule has 0 saturated heterocycles. The summed E-state index contributed by atoms with van der Waals surface area (Å²) < 4.78 is 18.8. The summed E-state index contributed by atoms with van der Waals surface area (Å²) in [5, 5.41) is 10.9. The lowest BCUT2D eigenvalue weighted by atomic mass is 9.98. The zero-order chi connectivity index (χ0) is 25.7. The van der Waals surface area contributed by atoms with Crippen LogP contribution in [0.1, 0.15) is 22.6 Å². The Labute approximate surface area is 205 Å². The predicted molar refractivity (Wildman–Crippen MR) is 126 cm³/mol. The number of nitrogens with one attached hydrogen (secondary N) is 3. The van der Waals surface area contributed by atoms with Crippen LogP contribution in [-0.4, -0.2) is 41.6 Å². The lowest BCUT2D eigenvalue weighted by Gasteiger charge is -2.18. The first-order chi connectivity index (χ1) is 17.3. The van der Waals surface area contributed by atoms with Crippen LogP contribution < -0.4 is 16.2 Å². The minimum atomic E-state index is -1.79. The summed E-state index contributed by atoms with van der Waals surface area (Å²) in [6.45, 7) is 0.0121. The fourth-order valence-electron chi connectivity index (χ4n) is 4.16. The highest BCUT2D eigenvalue weighted by Crippen LogP contribution is 2.44. The Morgan fingerprint density at radius 3 is 2.14 bits per heavy atom. The molecule has 3 aromatic rings. The Kier molecular flexibility index (Phi) is 7.24. The molecule has 10 heteroatoms. The summed E-state index contributed by atoms with van der Waals surface area (Å²) in [6, 6.07) is 19.5. The molecule has 0 radical (unpaired) electrons. The SMILES string of the molecule is O=C(NNC(=O)C(Cc1cccc(F)c1)NC(=O)C(=O)O)OCC1c2ccccc2-c2ccccc21. The van der Waals surface area contributed by atoms with Crippen molar-refractivity contribution in [3.63, 3.8) is 0 Å². The van der Waals surface area contributed by atoms with Gasteiger partial charge in [0.25, 0.3) is 5.91 Å². The van der Waals surface area contributed by atoms with Gasteiger partial charge in [0, 0.05) is 12.3 Å². The van der Waals surface area contributed by atoms with Gasteiger partial charge in [-0.25, -0.2) is 19.4 Å². The monoisotopic (exact) mass is 491 g/mol. The summed E-state index contributed by atoms with van der Waals surface area (Å²) in [5.74, 6) is -4.88. The molecular formula is C26H22FN3O6. The Balaban J connectivity index is 1.37. The van der Waals surface area contributed by atoms with E-state index in [4.69, 9.17) is 9.84 Å². The molecule has 3 aromatic carbocycles. The molecule has 0 aromatic heterocycles. The maximum Gasteiger partial charge on any atom is 0.426 e. The molecule has 0 aliphatic heterocycles. The maximum absolute atomic E-state index is 13.5. The zero-order valence-electron chi connectivity index (χ0n) is 18.9. The van der Waals surface area contributed by atoms with Gasteiger partial charge in [-0.1, -0.05) is 60.7 Å². The number of aliphatic carboxylic acids is 1. The van der Waals surface area contributed by atoms with Gasteiger partial charge < -0.3 is 15.2 Å². The first-order valence-electron chi connectivity index (χ1n) is 11.0. The van der Waals surface area contributed by atoms with Crippen LogP contribution in [0.25, 0.3) is 11.1 Å². The topological polar surface area (TPSA) is 134 Å². The van der Waals surface area contributed by atoms with Crippen molar-refractivity contribution in [1.29, 1.82) is 0 Å². The van der Waals surface area contributed by atoms with Crippen molar-refractivity contribution in [3.8, 4) is 11.1 Å². The van der Waals surface area contributed by atoms with Gasteiger partial charge in [0.15, 0.2) is 0 Å². The lowest BCUT2D eigenvalue weighted by Crippen LogP contribution is -2.54. The first-order valence-corrected chi connectivity index (χ1v) is 11.0. The number of amides is 3. The number of carbonyl (C=O) groups excluding carboxylic acids is 3. The van der Waals surface area contributed by atoms with Crippen LogP contribution in [0.4, 0.5) is 9.18 Å². The second kappa shape index (κ2) is 10.7. The molecule has 36 heavy (non-hydrogen) atoms. The minimum Gasteiger partial charge on any atom is -0.474 e. The first kappa shape index (κ1) is 24.4. The summed E-state index contributed by atoms with van der Waals surface area (Å²) in [5.41, 5.74) is 8.70. The molecule has 0 bridgehead atoms. The standard InChI is InChI=1S/C26H22FN3O6/c27-16-7-5-6-15(12-16)13-22(28-24(32)25(33)34)23(31)29-30-26(35)36-14-21-19-10-3-1-8-17(19)18-9-2-4-11-20(18)21/h1-12,21-22H,13-14H2,(H,28,32)(H,29,31)(H,30,35)(H,33,34). The van der Waals surface area contributed by atoms with Crippen LogP contribution in [0.5, 0.6) is 0 Å². The van der Waals surface area contributed by atoms with Gasteiger partial charge >= 0.3 is 18.0 Å². The Morgan fingerprint density at radius 1 is 0.889 bits per heavy atom. The lowest BCUT2D eigenvalue weighted by molar-refractivity contribution is -0.151. The smallest absolute Gasteiger partial charge is 0.426 e. The largest absolute Gasteiger partial charge is 0.474 e. The zero-order valence-corrected chi connectivity index (χ0v) is 18.9. The van der Waals surface area contributed by atoms with E-state index in [1.54, 1.807) is 0 Å². The van der Waals surface area contributed by atoms with Crippen molar-refractivity contribution < 1.29 is 33.4 Å². The van der Waals surface area contributed by atoms with Gasteiger partial charge in [0.05, 0.1) is 0 Å². The van der Waals surface area contributed by atoms with E-state index in [-0.39, 0.29) is 18.9 Å². The molecule has 4 rings (SSSR count). The molecule has 1 unspecified atom stereocenters. The minimum absolute atomic E-state index is 0.0121. The van der Waals surface area contributed by atoms with E-state index in [1.165, 1.54) is 18.2 Å². The number of hydrogen-bond acceptors (Lipinski definition) is 5. The van der Waals surface area contributed by atoms with Crippen molar-refractivity contribution in [2.75, 3.05) is 6.61 Å². The molecule has 184 valence electrons. The van der Waals surface area contributed by atoms with Gasteiger partial charge in [-0.2, -0.15) is 0 Å². The van der Waals surface area contributed by atoms with Gasteiger partial charge in [-0.15, -0.1) is 0 Å². The normalized spacial score (nSPS) is 12.6. The van der Waals surface area contributed by atoms with Crippen molar-refractivity contribution >= 4 is 23.9 Å². The average molecular weight is 491 g/mol. The molecule has 0 heterocycles. The van der Waals surface area contributed by atoms with E-state index in [2.05, 4.69) is 10.9 Å². The molecule has 1 atom stereocenters. The number of hydrazine groups is 1. The molecule has 9 nitrogen and oxygen atoms in total. The third kappa shape index (κ3) is 5.49. The van der Waals surface area contributed by atoms with E-state index in [1.807, 2.05) is 53.8 Å². The quantitative estimate of drug-likeness (QED) is 0.309. The summed E-state index contributed by atoms with van der Waals surface area (Å²) >= 11 is 0. The third-order valence-corrected chi connectivity index (χ3v) is 5.78. The average Bonchev–Trinajstić information content (AvgIpc) is 3.19. The number of rotatable bonds is 6. The fraction of sp³-hybridized carbons (Fsp3) is 0.154. The summed E-state index contributed by atoms with van der Waals surface area (Å²) in [6.07, 6.45) is -1.16. The van der Waals surface area contributed by atoms with Gasteiger partial charge in [-0.3, -0.25) is 15.0 Å². The summed E-state index contributed by atoms with van der Waals surface area (Å²) in [4.78, 5) is 47.5. The maximum atomic E-state index is 13.5. The number of benzene rings is 3. The van der Waals surface area contributed by atoms with Crippen LogP contribution in [0.2, 0.25) is 0 Å². The van der Waals surface area contributed by atoms with Crippen molar-refractivity contribution in [2.24, 2.45) is 0 Å². The molecule has 0 fully saturated rings. The Hall–Kier alpha value is -4.73. The molecule has 4 N–H and O–H groups in total. The molecular weight excluding hydrogens is 469 g/mol. The van der Waals surface area contributed by atoms with E-state index < -0.39 is 35.7 Å². The number of carboxylic acids is 1. The molecule has 1 aliphatic carbocycles. The van der Waals surface area contributed by atoms with E-state index >= 15 is 0 Å². The van der Waals surface area contributed by atoms with Gasteiger partial charge in [0.1, 0.15) is 18.5 Å². The Bertz CT molecular complexity index is 1280. The number of hydrogen-bond donors (Lipinski definition) is 4. The summed E-state index contributed by atoms with van der Waals surface area (Å²) in [7, 11) is 0.